The zero-order valence-electron chi connectivity index (χ0n) is 16.8. The van der Waals surface area contributed by atoms with Crippen LogP contribution in [0.25, 0.3) is 0 Å². The Morgan fingerprint density at radius 3 is 1.93 bits per heavy atom. The van der Waals surface area contributed by atoms with Gasteiger partial charge in [-0.3, -0.25) is 0 Å². The van der Waals surface area contributed by atoms with Gasteiger partial charge in [-0.2, -0.15) is 13.2 Å². The van der Waals surface area contributed by atoms with Gasteiger partial charge >= 0.3 is 6.18 Å². The number of aryl methyl sites for hydroxylation is 2. The quantitative estimate of drug-likeness (QED) is 0.443. The van der Waals surface area contributed by atoms with Crippen molar-refractivity contribution in [3.05, 3.63) is 99.6 Å². The summed E-state index contributed by atoms with van der Waals surface area (Å²) in [4.78, 5) is 0. The molecule has 0 aliphatic rings. The van der Waals surface area contributed by atoms with Crippen LogP contribution in [0.3, 0.4) is 0 Å². The molecule has 0 aliphatic heterocycles. The van der Waals surface area contributed by atoms with E-state index in [2.05, 4.69) is 23.7 Å². The number of rotatable bonds is 1. The molecule has 3 aromatic carbocycles. The molecular weight excluding hydrogens is 385 g/mol. The Morgan fingerprint density at radius 1 is 0.700 bits per heavy atom. The molecule has 150 valence electrons. The van der Waals surface area contributed by atoms with Crippen LogP contribution in [0.5, 0.6) is 5.75 Å². The summed E-state index contributed by atoms with van der Waals surface area (Å²) in [6, 6.07) is 17.3. The van der Waals surface area contributed by atoms with Gasteiger partial charge in [0, 0.05) is 16.7 Å². The predicted molar refractivity (Wildman–Crippen MR) is 112 cm³/mol. The van der Waals surface area contributed by atoms with E-state index in [1.807, 2.05) is 37.3 Å². The molecule has 3 aromatic rings. The molecule has 0 radical (unpaired) electrons. The third-order valence-electron chi connectivity index (χ3n) is 4.49. The van der Waals surface area contributed by atoms with Crippen molar-refractivity contribution in [3.63, 3.8) is 0 Å². The average Bonchev–Trinajstić information content (AvgIpc) is 2.72. The lowest BCUT2D eigenvalue weighted by Gasteiger charge is -2.10. The number of alkyl halides is 3. The number of benzene rings is 3. The Kier molecular flexibility index (Phi) is 6.19. The third-order valence-corrected chi connectivity index (χ3v) is 4.49. The SMILES string of the molecule is COc1cc(C#Cc2ccc(C)cc2)ccc1C#Cc1ccc(C)c(C(F)(F)F)c1. The van der Waals surface area contributed by atoms with Gasteiger partial charge in [0.05, 0.1) is 18.2 Å². The first kappa shape index (κ1) is 21.1. The zero-order chi connectivity index (χ0) is 21.7. The lowest BCUT2D eigenvalue weighted by atomic mass is 10.0. The lowest BCUT2D eigenvalue weighted by molar-refractivity contribution is -0.138. The van der Waals surface area contributed by atoms with Crippen molar-refractivity contribution in [1.82, 2.24) is 0 Å². The molecule has 0 heterocycles. The minimum atomic E-state index is -4.41. The minimum absolute atomic E-state index is 0.169. The van der Waals surface area contributed by atoms with Gasteiger partial charge in [0.25, 0.3) is 0 Å². The van der Waals surface area contributed by atoms with Crippen LogP contribution in [0.1, 0.15) is 38.9 Å². The van der Waals surface area contributed by atoms with Crippen LogP contribution in [0.2, 0.25) is 0 Å². The third kappa shape index (κ3) is 5.25. The maximum Gasteiger partial charge on any atom is 0.416 e. The summed E-state index contributed by atoms with van der Waals surface area (Å²) in [7, 11) is 1.52. The van der Waals surface area contributed by atoms with Crippen LogP contribution in [-0.2, 0) is 6.18 Å². The first-order valence-corrected chi connectivity index (χ1v) is 9.23. The molecule has 0 atom stereocenters. The summed E-state index contributed by atoms with van der Waals surface area (Å²) < 4.78 is 44.7. The summed E-state index contributed by atoms with van der Waals surface area (Å²) in [6.45, 7) is 3.45. The molecule has 0 aromatic heterocycles. The van der Waals surface area contributed by atoms with E-state index in [9.17, 15) is 13.2 Å². The highest BCUT2D eigenvalue weighted by Crippen LogP contribution is 2.32. The second-order valence-corrected chi connectivity index (χ2v) is 6.81. The molecule has 0 spiro atoms. The van der Waals surface area contributed by atoms with Crippen LogP contribution in [0.15, 0.2) is 60.7 Å². The molecule has 0 amide bonds. The average molecular weight is 404 g/mol. The Morgan fingerprint density at radius 2 is 1.27 bits per heavy atom. The Bertz CT molecular complexity index is 1180. The van der Waals surface area contributed by atoms with E-state index < -0.39 is 11.7 Å². The van der Waals surface area contributed by atoms with Gasteiger partial charge in [-0.15, -0.1) is 0 Å². The molecule has 30 heavy (non-hydrogen) atoms. The first-order chi connectivity index (χ1) is 14.3. The van der Waals surface area contributed by atoms with Gasteiger partial charge < -0.3 is 4.74 Å². The van der Waals surface area contributed by atoms with Crippen molar-refractivity contribution < 1.29 is 17.9 Å². The van der Waals surface area contributed by atoms with E-state index in [-0.39, 0.29) is 5.56 Å². The molecule has 0 fully saturated rings. The van der Waals surface area contributed by atoms with E-state index in [1.54, 1.807) is 18.2 Å². The Labute approximate surface area is 174 Å². The van der Waals surface area contributed by atoms with Gasteiger partial charge in [0.1, 0.15) is 5.75 Å². The molecule has 0 aliphatic carbocycles. The van der Waals surface area contributed by atoms with Crippen LogP contribution in [-0.4, -0.2) is 7.11 Å². The number of halogens is 3. The highest BCUT2D eigenvalue weighted by atomic mass is 19.4. The standard InChI is InChI=1S/C26H19F3O/c1-18-4-7-20(8-5-18)10-11-22-13-15-23(25(17-22)30-3)14-12-21-9-6-19(2)24(16-21)26(27,28)29/h4-9,13,15-17H,1-3H3. The molecular formula is C26H19F3O. The van der Waals surface area contributed by atoms with Gasteiger partial charge in [-0.25, -0.2) is 0 Å². The smallest absolute Gasteiger partial charge is 0.416 e. The Balaban J connectivity index is 1.88. The Hall–Kier alpha value is -3.63. The summed E-state index contributed by atoms with van der Waals surface area (Å²) >= 11 is 0. The van der Waals surface area contributed by atoms with Crippen molar-refractivity contribution >= 4 is 0 Å². The summed E-state index contributed by atoms with van der Waals surface area (Å²) in [6.07, 6.45) is -4.41. The van der Waals surface area contributed by atoms with Crippen LogP contribution < -0.4 is 4.74 Å². The maximum atomic E-state index is 13.1. The van der Waals surface area contributed by atoms with Crippen molar-refractivity contribution in [2.24, 2.45) is 0 Å². The normalized spacial score (nSPS) is 10.5. The minimum Gasteiger partial charge on any atom is -0.495 e. The van der Waals surface area contributed by atoms with Gasteiger partial charge in [0.2, 0.25) is 0 Å². The number of ether oxygens (including phenoxy) is 1. The molecule has 4 heteroatoms. The number of methoxy groups -OCH3 is 1. The fourth-order valence-corrected chi connectivity index (χ4v) is 2.80. The predicted octanol–water partition coefficient (Wildman–Crippen LogP) is 6.13. The van der Waals surface area contributed by atoms with E-state index >= 15 is 0 Å². The summed E-state index contributed by atoms with van der Waals surface area (Å²) in [5.41, 5.74) is 3.19. The van der Waals surface area contributed by atoms with Gasteiger partial charge in [-0.05, 0) is 61.9 Å². The molecule has 0 N–H and O–H groups in total. The molecule has 1 nitrogen and oxygen atoms in total. The van der Waals surface area contributed by atoms with Crippen molar-refractivity contribution in [2.75, 3.05) is 7.11 Å². The fourth-order valence-electron chi connectivity index (χ4n) is 2.80. The molecule has 0 saturated heterocycles. The maximum absolute atomic E-state index is 13.1. The van der Waals surface area contributed by atoms with Crippen LogP contribution in [0, 0.1) is 37.5 Å². The lowest BCUT2D eigenvalue weighted by Crippen LogP contribution is -2.07. The van der Waals surface area contributed by atoms with E-state index in [0.717, 1.165) is 17.2 Å². The van der Waals surface area contributed by atoms with Crippen LogP contribution >= 0.6 is 0 Å². The highest BCUT2D eigenvalue weighted by Gasteiger charge is 2.32. The largest absolute Gasteiger partial charge is 0.495 e. The highest BCUT2D eigenvalue weighted by molar-refractivity contribution is 5.55. The number of hydrogen-bond acceptors (Lipinski definition) is 1. The topological polar surface area (TPSA) is 9.23 Å². The van der Waals surface area contributed by atoms with E-state index in [1.165, 1.54) is 25.7 Å². The molecule has 0 saturated carbocycles. The second kappa shape index (κ2) is 8.80. The molecule has 0 unspecified atom stereocenters. The first-order valence-electron chi connectivity index (χ1n) is 9.23. The van der Waals surface area contributed by atoms with E-state index in [0.29, 0.717) is 16.9 Å². The van der Waals surface area contributed by atoms with Gasteiger partial charge in [-0.1, -0.05) is 47.4 Å². The molecule has 0 bridgehead atoms. The second-order valence-electron chi connectivity index (χ2n) is 6.81. The molecule has 3 rings (SSSR count). The zero-order valence-corrected chi connectivity index (χ0v) is 16.8. The van der Waals surface area contributed by atoms with Gasteiger partial charge in [0.15, 0.2) is 0 Å². The monoisotopic (exact) mass is 404 g/mol. The van der Waals surface area contributed by atoms with Crippen molar-refractivity contribution in [1.29, 1.82) is 0 Å². The fraction of sp³-hybridized carbons (Fsp3) is 0.154. The van der Waals surface area contributed by atoms with E-state index in [4.69, 9.17) is 4.74 Å². The summed E-state index contributed by atoms with van der Waals surface area (Å²) in [5.74, 6) is 12.4. The number of hydrogen-bond donors (Lipinski definition) is 0. The van der Waals surface area contributed by atoms with Crippen molar-refractivity contribution in [3.8, 4) is 29.4 Å². The summed E-state index contributed by atoms with van der Waals surface area (Å²) in [5, 5.41) is 0. The van der Waals surface area contributed by atoms with Crippen molar-refractivity contribution in [2.45, 2.75) is 20.0 Å². The van der Waals surface area contributed by atoms with Crippen LogP contribution in [0.4, 0.5) is 13.2 Å².